The molecule has 1 atom stereocenters. The van der Waals surface area contributed by atoms with Crippen LogP contribution in [0.1, 0.15) is 32.6 Å². The number of hydroxylamine groups is 1. The smallest absolute Gasteiger partial charge is 0.149 e. The van der Waals surface area contributed by atoms with Gasteiger partial charge in [-0.05, 0) is 12.8 Å². The Morgan fingerprint density at radius 2 is 2.25 bits per heavy atom. The second kappa shape index (κ2) is 7.21. The van der Waals surface area contributed by atoms with Gasteiger partial charge in [-0.15, -0.1) is 0 Å². The summed E-state index contributed by atoms with van der Waals surface area (Å²) in [6, 6.07) is -0.311. The van der Waals surface area contributed by atoms with Crippen LogP contribution in [0.25, 0.3) is 0 Å². The molecule has 0 aliphatic carbocycles. The van der Waals surface area contributed by atoms with Gasteiger partial charge in [0.15, 0.2) is 0 Å². The SMILES string of the molecule is CCC(=O)[C@@H](N)CCCCNO. The van der Waals surface area contributed by atoms with Crippen LogP contribution in [0.15, 0.2) is 0 Å². The maximum Gasteiger partial charge on any atom is 0.149 e. The first kappa shape index (κ1) is 11.6. The zero-order valence-corrected chi connectivity index (χ0v) is 7.55. The van der Waals surface area contributed by atoms with E-state index in [-0.39, 0.29) is 11.8 Å². The second-order valence-electron chi connectivity index (χ2n) is 2.83. The van der Waals surface area contributed by atoms with Crippen LogP contribution < -0.4 is 11.2 Å². The first-order chi connectivity index (χ1) is 5.72. The monoisotopic (exact) mass is 174 g/mol. The fraction of sp³-hybridized carbons (Fsp3) is 0.875. The molecule has 0 spiro atoms. The quantitative estimate of drug-likeness (QED) is 0.387. The molecule has 0 aromatic carbocycles. The van der Waals surface area contributed by atoms with Gasteiger partial charge in [0.25, 0.3) is 0 Å². The van der Waals surface area contributed by atoms with Crippen molar-refractivity contribution in [1.29, 1.82) is 0 Å². The molecule has 0 aromatic rings. The minimum absolute atomic E-state index is 0.118. The Hall–Kier alpha value is -0.450. The molecule has 0 aromatic heterocycles. The Bertz CT molecular complexity index is 128. The molecule has 0 bridgehead atoms. The Morgan fingerprint density at radius 3 is 2.75 bits per heavy atom. The van der Waals surface area contributed by atoms with Gasteiger partial charge in [0.1, 0.15) is 5.78 Å². The van der Waals surface area contributed by atoms with E-state index in [1.165, 1.54) is 0 Å². The van der Waals surface area contributed by atoms with E-state index in [9.17, 15) is 4.79 Å². The third-order valence-electron chi connectivity index (χ3n) is 1.82. The third-order valence-corrected chi connectivity index (χ3v) is 1.82. The van der Waals surface area contributed by atoms with E-state index in [2.05, 4.69) is 5.48 Å². The first-order valence-corrected chi connectivity index (χ1v) is 4.37. The van der Waals surface area contributed by atoms with Crippen molar-refractivity contribution in [3.63, 3.8) is 0 Å². The number of nitrogens with two attached hydrogens (primary N) is 1. The van der Waals surface area contributed by atoms with Gasteiger partial charge in [-0.1, -0.05) is 13.3 Å². The van der Waals surface area contributed by atoms with Crippen LogP contribution in [0, 0.1) is 0 Å². The molecule has 0 amide bonds. The highest BCUT2D eigenvalue weighted by Crippen LogP contribution is 2.00. The number of nitrogens with one attached hydrogen (secondary N) is 1. The molecular weight excluding hydrogens is 156 g/mol. The summed E-state index contributed by atoms with van der Waals surface area (Å²) >= 11 is 0. The number of hydrogen-bond donors (Lipinski definition) is 3. The summed E-state index contributed by atoms with van der Waals surface area (Å²) in [5, 5.41) is 8.24. The average molecular weight is 174 g/mol. The first-order valence-electron chi connectivity index (χ1n) is 4.37. The van der Waals surface area contributed by atoms with Crippen molar-refractivity contribution in [3.8, 4) is 0 Å². The standard InChI is InChI=1S/C8H18N2O2/c1-2-8(11)7(9)5-3-4-6-10-12/h7,10,12H,2-6,9H2,1H3/t7-/m0/s1. The van der Waals surface area contributed by atoms with Crippen molar-refractivity contribution in [2.45, 2.75) is 38.6 Å². The van der Waals surface area contributed by atoms with Gasteiger partial charge in [-0.3, -0.25) is 4.79 Å². The predicted molar refractivity (Wildman–Crippen MR) is 46.9 cm³/mol. The second-order valence-corrected chi connectivity index (χ2v) is 2.83. The van der Waals surface area contributed by atoms with E-state index in [0.717, 1.165) is 12.8 Å². The van der Waals surface area contributed by atoms with Gasteiger partial charge in [0.2, 0.25) is 0 Å². The molecule has 4 heteroatoms. The number of rotatable bonds is 7. The Morgan fingerprint density at radius 1 is 1.58 bits per heavy atom. The minimum Gasteiger partial charge on any atom is -0.322 e. The number of hydrogen-bond acceptors (Lipinski definition) is 4. The number of carbonyl (C=O) groups is 1. The van der Waals surface area contributed by atoms with E-state index in [1.54, 1.807) is 0 Å². The molecule has 0 unspecified atom stereocenters. The number of Topliss-reactive ketones (excluding diaryl/α,β-unsaturated/α-hetero) is 1. The third kappa shape index (κ3) is 5.23. The summed E-state index contributed by atoms with van der Waals surface area (Å²) in [4.78, 5) is 11.0. The number of carbonyl (C=O) groups excluding carboxylic acids is 1. The van der Waals surface area contributed by atoms with Gasteiger partial charge in [-0.2, -0.15) is 0 Å². The summed E-state index contributed by atoms with van der Waals surface area (Å²) < 4.78 is 0. The van der Waals surface area contributed by atoms with Gasteiger partial charge in [0, 0.05) is 13.0 Å². The van der Waals surface area contributed by atoms with Crippen LogP contribution in [0.4, 0.5) is 0 Å². The maximum atomic E-state index is 11.0. The van der Waals surface area contributed by atoms with Crippen LogP contribution in [0.2, 0.25) is 0 Å². The van der Waals surface area contributed by atoms with Crippen molar-refractivity contribution in [2.24, 2.45) is 5.73 Å². The highest BCUT2D eigenvalue weighted by Gasteiger charge is 2.09. The normalized spacial score (nSPS) is 12.9. The molecule has 0 heterocycles. The Balaban J connectivity index is 3.31. The molecule has 0 saturated carbocycles. The summed E-state index contributed by atoms with van der Waals surface area (Å²) in [5.41, 5.74) is 7.64. The fourth-order valence-electron chi connectivity index (χ4n) is 0.991. The number of ketones is 1. The molecule has 4 nitrogen and oxygen atoms in total. The summed E-state index contributed by atoms with van der Waals surface area (Å²) in [6.45, 7) is 2.38. The van der Waals surface area contributed by atoms with Crippen LogP contribution in [-0.4, -0.2) is 23.6 Å². The van der Waals surface area contributed by atoms with E-state index in [1.807, 2.05) is 6.92 Å². The van der Waals surface area contributed by atoms with E-state index in [4.69, 9.17) is 10.9 Å². The zero-order valence-electron chi connectivity index (χ0n) is 7.55. The summed E-state index contributed by atoms with van der Waals surface area (Å²) in [7, 11) is 0. The van der Waals surface area contributed by atoms with E-state index >= 15 is 0 Å². The topological polar surface area (TPSA) is 75.4 Å². The van der Waals surface area contributed by atoms with Crippen molar-refractivity contribution in [1.82, 2.24) is 5.48 Å². The molecule has 0 radical (unpaired) electrons. The van der Waals surface area contributed by atoms with Gasteiger partial charge in [-0.25, -0.2) is 5.48 Å². The lowest BCUT2D eigenvalue weighted by atomic mass is 10.1. The van der Waals surface area contributed by atoms with Crippen LogP contribution in [0.3, 0.4) is 0 Å². The maximum absolute atomic E-state index is 11.0. The lowest BCUT2D eigenvalue weighted by Crippen LogP contribution is -2.29. The van der Waals surface area contributed by atoms with Crippen LogP contribution >= 0.6 is 0 Å². The highest BCUT2D eigenvalue weighted by molar-refractivity contribution is 5.83. The zero-order chi connectivity index (χ0) is 9.40. The van der Waals surface area contributed by atoms with Crippen LogP contribution in [-0.2, 0) is 4.79 Å². The lowest BCUT2D eigenvalue weighted by Gasteiger charge is -2.07. The summed E-state index contributed by atoms with van der Waals surface area (Å²) in [6.07, 6.45) is 2.95. The van der Waals surface area contributed by atoms with Crippen LogP contribution in [0.5, 0.6) is 0 Å². The van der Waals surface area contributed by atoms with E-state index < -0.39 is 0 Å². The Labute approximate surface area is 73.1 Å². The summed E-state index contributed by atoms with van der Waals surface area (Å²) in [5.74, 6) is 0.118. The largest absolute Gasteiger partial charge is 0.322 e. The highest BCUT2D eigenvalue weighted by atomic mass is 16.5. The molecule has 4 N–H and O–H groups in total. The lowest BCUT2D eigenvalue weighted by molar-refractivity contribution is -0.120. The molecule has 0 rings (SSSR count). The fourth-order valence-corrected chi connectivity index (χ4v) is 0.991. The van der Waals surface area contributed by atoms with Gasteiger partial charge >= 0.3 is 0 Å². The minimum atomic E-state index is -0.311. The van der Waals surface area contributed by atoms with Crippen molar-refractivity contribution in [3.05, 3.63) is 0 Å². The number of unbranched alkanes of at least 4 members (excludes halogenated alkanes) is 1. The average Bonchev–Trinajstić information content (AvgIpc) is 2.10. The Kier molecular flexibility index (Phi) is 6.94. The van der Waals surface area contributed by atoms with Crippen molar-refractivity contribution >= 4 is 5.78 Å². The molecule has 0 aliphatic heterocycles. The molecule has 72 valence electrons. The molecule has 0 aliphatic rings. The molecule has 0 fully saturated rings. The van der Waals surface area contributed by atoms with Crippen molar-refractivity contribution < 1.29 is 10.0 Å². The van der Waals surface area contributed by atoms with Gasteiger partial charge < -0.3 is 10.9 Å². The molecule has 0 saturated heterocycles. The van der Waals surface area contributed by atoms with Gasteiger partial charge in [0.05, 0.1) is 6.04 Å². The molecule has 12 heavy (non-hydrogen) atoms. The predicted octanol–water partition coefficient (Wildman–Crippen LogP) is 0.442. The van der Waals surface area contributed by atoms with Crippen molar-refractivity contribution in [2.75, 3.05) is 6.54 Å². The van der Waals surface area contributed by atoms with E-state index in [0.29, 0.717) is 19.4 Å². The molecular formula is C8H18N2O2.